The molecule has 1 saturated carbocycles. The summed E-state index contributed by atoms with van der Waals surface area (Å²) in [7, 11) is 3.65. The number of aromatic nitrogens is 2. The molecule has 2 aromatic carbocycles. The van der Waals surface area contributed by atoms with Crippen LogP contribution in [0.2, 0.25) is 0 Å². The Morgan fingerprint density at radius 2 is 2.00 bits per heavy atom. The summed E-state index contributed by atoms with van der Waals surface area (Å²) < 4.78 is 21.4. The minimum atomic E-state index is -0.540. The molecule has 0 saturated heterocycles. The van der Waals surface area contributed by atoms with Gasteiger partial charge in [-0.1, -0.05) is 12.5 Å². The Balaban J connectivity index is 1.63. The smallest absolute Gasteiger partial charge is 0.149 e. The van der Waals surface area contributed by atoms with Crippen molar-refractivity contribution in [2.75, 3.05) is 26.0 Å². The Labute approximate surface area is 188 Å². The van der Waals surface area contributed by atoms with Crippen LogP contribution in [0.25, 0.3) is 16.9 Å². The first-order chi connectivity index (χ1) is 15.6. The van der Waals surface area contributed by atoms with Gasteiger partial charge in [0.1, 0.15) is 23.5 Å². The quantitative estimate of drug-likeness (QED) is 0.563. The summed E-state index contributed by atoms with van der Waals surface area (Å²) in [4.78, 5) is 0. The number of nitriles is 1. The standard InChI is InChI=1S/C25H28FN5O/c1-28-20-5-3-4-17(12-20)16-29-25-14-24(18-6-7-19(15-27)23(26)13-18)31(30-25)21-8-10-22(32-2)11-9-21/h6-11,13-14,17,20,28H,3-5,12,16H2,1-2H3,(H,29,30). The van der Waals surface area contributed by atoms with Gasteiger partial charge >= 0.3 is 0 Å². The number of methoxy groups -OCH3 is 1. The maximum Gasteiger partial charge on any atom is 0.149 e. The van der Waals surface area contributed by atoms with Crippen molar-refractivity contribution in [3.8, 4) is 28.8 Å². The van der Waals surface area contributed by atoms with Gasteiger partial charge in [-0.3, -0.25) is 0 Å². The minimum absolute atomic E-state index is 0.0268. The number of nitrogens with one attached hydrogen (secondary N) is 2. The van der Waals surface area contributed by atoms with Gasteiger partial charge in [-0.2, -0.15) is 5.26 Å². The first kappa shape index (κ1) is 21.8. The van der Waals surface area contributed by atoms with E-state index >= 15 is 0 Å². The van der Waals surface area contributed by atoms with Crippen LogP contribution in [0.1, 0.15) is 31.2 Å². The fraction of sp³-hybridized carbons (Fsp3) is 0.360. The van der Waals surface area contributed by atoms with Crippen LogP contribution in [0.3, 0.4) is 0 Å². The molecule has 1 fully saturated rings. The lowest BCUT2D eigenvalue weighted by atomic mass is 9.86. The molecule has 1 aliphatic carbocycles. The zero-order chi connectivity index (χ0) is 22.5. The van der Waals surface area contributed by atoms with Crippen molar-refractivity contribution < 1.29 is 9.13 Å². The molecule has 2 unspecified atom stereocenters. The van der Waals surface area contributed by atoms with Crippen LogP contribution in [0.4, 0.5) is 10.2 Å². The van der Waals surface area contributed by atoms with Gasteiger partial charge in [-0.05, 0) is 68.6 Å². The number of ether oxygens (including phenoxy) is 1. The van der Waals surface area contributed by atoms with Crippen molar-refractivity contribution in [2.45, 2.75) is 31.7 Å². The largest absolute Gasteiger partial charge is 0.497 e. The van der Waals surface area contributed by atoms with Crippen molar-refractivity contribution in [3.63, 3.8) is 0 Å². The molecule has 32 heavy (non-hydrogen) atoms. The Hall–Kier alpha value is -3.37. The van der Waals surface area contributed by atoms with E-state index in [1.165, 1.54) is 31.4 Å². The van der Waals surface area contributed by atoms with Gasteiger partial charge in [0.05, 0.1) is 24.1 Å². The molecular formula is C25H28FN5O. The Bertz CT molecular complexity index is 1100. The van der Waals surface area contributed by atoms with Gasteiger partial charge < -0.3 is 15.4 Å². The molecule has 2 N–H and O–H groups in total. The topological polar surface area (TPSA) is 74.9 Å². The van der Waals surface area contributed by atoms with E-state index in [-0.39, 0.29) is 5.56 Å². The third kappa shape index (κ3) is 4.76. The van der Waals surface area contributed by atoms with Crippen molar-refractivity contribution in [1.29, 1.82) is 5.26 Å². The molecule has 2 atom stereocenters. The van der Waals surface area contributed by atoms with Crippen LogP contribution < -0.4 is 15.4 Å². The van der Waals surface area contributed by atoms with Crippen LogP contribution >= 0.6 is 0 Å². The number of benzene rings is 2. The zero-order valence-corrected chi connectivity index (χ0v) is 18.4. The van der Waals surface area contributed by atoms with Gasteiger partial charge in [-0.15, -0.1) is 5.10 Å². The van der Waals surface area contributed by atoms with E-state index in [0.717, 1.165) is 35.9 Å². The summed E-state index contributed by atoms with van der Waals surface area (Å²) in [5.74, 6) is 1.54. The third-order valence-electron chi connectivity index (χ3n) is 6.17. The molecule has 3 aromatic rings. The van der Waals surface area contributed by atoms with E-state index in [2.05, 4.69) is 10.6 Å². The molecular weight excluding hydrogens is 405 g/mol. The van der Waals surface area contributed by atoms with Gasteiger partial charge in [0.2, 0.25) is 0 Å². The molecule has 0 radical (unpaired) electrons. The van der Waals surface area contributed by atoms with E-state index in [1.54, 1.807) is 17.9 Å². The highest BCUT2D eigenvalue weighted by Crippen LogP contribution is 2.29. The molecule has 7 heteroatoms. The molecule has 0 amide bonds. The lowest BCUT2D eigenvalue weighted by Crippen LogP contribution is -2.33. The number of anilines is 1. The van der Waals surface area contributed by atoms with E-state index in [4.69, 9.17) is 15.1 Å². The summed E-state index contributed by atoms with van der Waals surface area (Å²) >= 11 is 0. The molecule has 0 bridgehead atoms. The highest BCUT2D eigenvalue weighted by Gasteiger charge is 2.21. The van der Waals surface area contributed by atoms with E-state index in [9.17, 15) is 4.39 Å². The average molecular weight is 434 g/mol. The molecule has 6 nitrogen and oxygen atoms in total. The van der Waals surface area contributed by atoms with E-state index in [0.29, 0.717) is 17.5 Å². The van der Waals surface area contributed by atoms with Crippen LogP contribution in [0.15, 0.2) is 48.5 Å². The van der Waals surface area contributed by atoms with Crippen LogP contribution in [0, 0.1) is 23.1 Å². The Morgan fingerprint density at radius 1 is 1.19 bits per heavy atom. The first-order valence-electron chi connectivity index (χ1n) is 11.0. The Kier molecular flexibility index (Phi) is 6.72. The number of halogens is 1. The molecule has 4 rings (SSSR count). The maximum absolute atomic E-state index is 14.3. The van der Waals surface area contributed by atoms with Crippen LogP contribution in [-0.2, 0) is 0 Å². The number of hydrogen-bond acceptors (Lipinski definition) is 5. The van der Waals surface area contributed by atoms with Crippen molar-refractivity contribution >= 4 is 5.82 Å². The van der Waals surface area contributed by atoms with Crippen molar-refractivity contribution in [3.05, 3.63) is 59.9 Å². The fourth-order valence-electron chi connectivity index (χ4n) is 4.35. The van der Waals surface area contributed by atoms with Gasteiger partial charge in [0.25, 0.3) is 0 Å². The summed E-state index contributed by atoms with van der Waals surface area (Å²) in [5, 5.41) is 20.7. The SMILES string of the molecule is CNC1CCCC(CNc2cc(-c3ccc(C#N)c(F)c3)n(-c3ccc(OC)cc3)n2)C1. The second kappa shape index (κ2) is 9.84. The molecule has 1 heterocycles. The maximum atomic E-state index is 14.3. The van der Waals surface area contributed by atoms with E-state index in [1.807, 2.05) is 43.4 Å². The normalized spacial score (nSPS) is 18.2. The molecule has 1 aliphatic rings. The second-order valence-electron chi connectivity index (χ2n) is 8.23. The monoisotopic (exact) mass is 433 g/mol. The Morgan fingerprint density at radius 3 is 2.69 bits per heavy atom. The van der Waals surface area contributed by atoms with Crippen molar-refractivity contribution in [2.24, 2.45) is 5.92 Å². The number of rotatable bonds is 7. The molecule has 0 aliphatic heterocycles. The number of nitrogens with zero attached hydrogens (tertiary/aromatic N) is 3. The lowest BCUT2D eigenvalue weighted by molar-refractivity contribution is 0.306. The van der Waals surface area contributed by atoms with E-state index < -0.39 is 5.82 Å². The van der Waals surface area contributed by atoms with Gasteiger partial charge in [0.15, 0.2) is 0 Å². The highest BCUT2D eigenvalue weighted by molar-refractivity contribution is 5.67. The van der Waals surface area contributed by atoms with Gasteiger partial charge in [0, 0.05) is 24.2 Å². The summed E-state index contributed by atoms with van der Waals surface area (Å²) in [6.45, 7) is 0.846. The molecule has 1 aromatic heterocycles. The summed E-state index contributed by atoms with van der Waals surface area (Å²) in [5.41, 5.74) is 2.27. The third-order valence-corrected chi connectivity index (χ3v) is 6.17. The number of hydrogen-bond donors (Lipinski definition) is 2. The predicted octanol–water partition coefficient (Wildman–Crippen LogP) is 4.75. The second-order valence-corrected chi connectivity index (χ2v) is 8.23. The average Bonchev–Trinajstić information content (AvgIpc) is 3.27. The minimum Gasteiger partial charge on any atom is -0.497 e. The zero-order valence-electron chi connectivity index (χ0n) is 18.4. The summed E-state index contributed by atoms with van der Waals surface area (Å²) in [6.07, 6.45) is 4.82. The highest BCUT2D eigenvalue weighted by atomic mass is 19.1. The summed E-state index contributed by atoms with van der Waals surface area (Å²) in [6, 6.07) is 16.6. The fourth-order valence-corrected chi connectivity index (χ4v) is 4.35. The van der Waals surface area contributed by atoms with Crippen molar-refractivity contribution in [1.82, 2.24) is 15.1 Å². The van der Waals surface area contributed by atoms with Gasteiger partial charge in [-0.25, -0.2) is 9.07 Å². The first-order valence-corrected chi connectivity index (χ1v) is 11.0. The lowest BCUT2D eigenvalue weighted by Gasteiger charge is -2.28. The van der Waals surface area contributed by atoms with Crippen LogP contribution in [0.5, 0.6) is 5.75 Å². The molecule has 0 spiro atoms. The van der Waals surface area contributed by atoms with Crippen LogP contribution in [-0.4, -0.2) is 36.5 Å². The molecule has 166 valence electrons. The predicted molar refractivity (Wildman–Crippen MR) is 124 cm³/mol.